The Morgan fingerprint density at radius 1 is 1.14 bits per heavy atom. The summed E-state index contributed by atoms with van der Waals surface area (Å²) in [5, 5.41) is 0. The predicted molar refractivity (Wildman–Crippen MR) is 49.4 cm³/mol. The molecule has 0 aromatic carbocycles. The Kier molecular flexibility index (Phi) is 1.94. The van der Waals surface area contributed by atoms with Gasteiger partial charge < -0.3 is 0 Å². The van der Waals surface area contributed by atoms with Crippen molar-refractivity contribution in [3.8, 4) is 0 Å². The Morgan fingerprint density at radius 3 is 2.64 bits per heavy atom. The summed E-state index contributed by atoms with van der Waals surface area (Å²) >= 11 is 0. The summed E-state index contributed by atoms with van der Waals surface area (Å²) in [4.78, 5) is 7.54. The summed E-state index contributed by atoms with van der Waals surface area (Å²) in [6.07, 6.45) is 2.76. The molecule has 0 atom stereocenters. The zero-order chi connectivity index (χ0) is 10.2. The van der Waals surface area contributed by atoms with Crippen LogP contribution in [0.25, 0.3) is 11.0 Å². The average Bonchev–Trinajstić information content (AvgIpc) is 2.15. The fraction of sp³-hybridized carbons (Fsp3) is 0. The highest BCUT2D eigenvalue weighted by molar-refractivity contribution is 7.86. The second-order valence-electron chi connectivity index (χ2n) is 2.66. The minimum Gasteiger partial charge on any atom is -0.282 e. The van der Waals surface area contributed by atoms with Crippen molar-refractivity contribution in [3.63, 3.8) is 0 Å². The molecule has 0 aliphatic heterocycles. The van der Waals surface area contributed by atoms with Gasteiger partial charge >= 0.3 is 0 Å². The normalized spacial score (nSPS) is 11.8. The van der Waals surface area contributed by atoms with Crippen LogP contribution in [0.2, 0.25) is 0 Å². The molecule has 72 valence electrons. The van der Waals surface area contributed by atoms with Gasteiger partial charge in [0.15, 0.2) is 0 Å². The van der Waals surface area contributed by atoms with Gasteiger partial charge in [-0.15, -0.1) is 0 Å². The SMILES string of the molecule is O=S(=O)(O)c1ccnc2cccnc12. The molecule has 2 aromatic heterocycles. The Balaban J connectivity index is 2.92. The first-order valence-electron chi connectivity index (χ1n) is 3.76. The highest BCUT2D eigenvalue weighted by atomic mass is 32.2. The van der Waals surface area contributed by atoms with E-state index in [-0.39, 0.29) is 10.4 Å². The lowest BCUT2D eigenvalue weighted by atomic mass is 10.3. The van der Waals surface area contributed by atoms with E-state index in [4.69, 9.17) is 4.55 Å². The Morgan fingerprint density at radius 2 is 1.93 bits per heavy atom. The van der Waals surface area contributed by atoms with E-state index >= 15 is 0 Å². The zero-order valence-electron chi connectivity index (χ0n) is 6.95. The molecule has 0 spiro atoms. The molecule has 6 heteroatoms. The topological polar surface area (TPSA) is 80.2 Å². The smallest absolute Gasteiger partial charge is 0.282 e. The molecular formula is C8H6N2O3S. The number of rotatable bonds is 1. The summed E-state index contributed by atoms with van der Waals surface area (Å²) in [6, 6.07) is 4.48. The van der Waals surface area contributed by atoms with Gasteiger partial charge in [-0.2, -0.15) is 8.42 Å². The lowest BCUT2D eigenvalue weighted by Crippen LogP contribution is -2.00. The standard InChI is InChI=1S/C8H6N2O3S/c11-14(12,13)7-3-5-9-6-2-1-4-10-8(6)7/h1-5H,(H,11,12,13). The molecule has 5 nitrogen and oxygen atoms in total. The second-order valence-corrected chi connectivity index (χ2v) is 4.05. The van der Waals surface area contributed by atoms with E-state index in [1.54, 1.807) is 12.1 Å². The quantitative estimate of drug-likeness (QED) is 0.706. The van der Waals surface area contributed by atoms with Gasteiger partial charge in [-0.1, -0.05) is 0 Å². The molecule has 0 amide bonds. The molecular weight excluding hydrogens is 204 g/mol. The van der Waals surface area contributed by atoms with E-state index in [2.05, 4.69) is 9.97 Å². The van der Waals surface area contributed by atoms with Gasteiger partial charge in [-0.25, -0.2) is 0 Å². The summed E-state index contributed by atoms with van der Waals surface area (Å²) in [5.74, 6) is 0. The van der Waals surface area contributed by atoms with Crippen molar-refractivity contribution in [1.82, 2.24) is 9.97 Å². The van der Waals surface area contributed by atoms with Crippen LogP contribution in [-0.2, 0) is 10.1 Å². The average molecular weight is 210 g/mol. The molecule has 2 aromatic rings. The van der Waals surface area contributed by atoms with Crippen LogP contribution < -0.4 is 0 Å². The first kappa shape index (κ1) is 9.04. The molecule has 0 fully saturated rings. The fourth-order valence-electron chi connectivity index (χ4n) is 1.16. The molecule has 0 saturated carbocycles. The summed E-state index contributed by atoms with van der Waals surface area (Å²) in [7, 11) is -4.23. The number of aromatic nitrogens is 2. The van der Waals surface area contributed by atoms with Crippen molar-refractivity contribution in [2.75, 3.05) is 0 Å². The zero-order valence-corrected chi connectivity index (χ0v) is 7.77. The number of pyridine rings is 2. The minimum absolute atomic E-state index is 0.178. The van der Waals surface area contributed by atoms with Crippen LogP contribution in [0.15, 0.2) is 35.5 Å². The van der Waals surface area contributed by atoms with E-state index in [0.717, 1.165) is 0 Å². The highest BCUT2D eigenvalue weighted by Crippen LogP contribution is 2.17. The van der Waals surface area contributed by atoms with Gasteiger partial charge in [0.2, 0.25) is 0 Å². The molecule has 2 rings (SSSR count). The van der Waals surface area contributed by atoms with Gasteiger partial charge in [-0.05, 0) is 18.2 Å². The van der Waals surface area contributed by atoms with Crippen molar-refractivity contribution < 1.29 is 13.0 Å². The van der Waals surface area contributed by atoms with E-state index < -0.39 is 10.1 Å². The van der Waals surface area contributed by atoms with Gasteiger partial charge in [0.25, 0.3) is 10.1 Å². The van der Waals surface area contributed by atoms with Gasteiger partial charge in [-0.3, -0.25) is 14.5 Å². The van der Waals surface area contributed by atoms with Crippen molar-refractivity contribution in [1.29, 1.82) is 0 Å². The van der Waals surface area contributed by atoms with Gasteiger partial charge in [0, 0.05) is 12.4 Å². The van der Waals surface area contributed by atoms with Crippen molar-refractivity contribution in [2.24, 2.45) is 0 Å². The molecule has 0 aliphatic carbocycles. The van der Waals surface area contributed by atoms with Crippen LogP contribution >= 0.6 is 0 Å². The third kappa shape index (κ3) is 1.45. The van der Waals surface area contributed by atoms with Crippen molar-refractivity contribution >= 4 is 21.2 Å². The third-order valence-electron chi connectivity index (χ3n) is 1.74. The number of nitrogens with zero attached hydrogens (tertiary/aromatic N) is 2. The van der Waals surface area contributed by atoms with Crippen LogP contribution in [0.3, 0.4) is 0 Å². The van der Waals surface area contributed by atoms with Crippen molar-refractivity contribution in [3.05, 3.63) is 30.6 Å². The van der Waals surface area contributed by atoms with Crippen LogP contribution in [0.4, 0.5) is 0 Å². The van der Waals surface area contributed by atoms with Gasteiger partial charge in [0.1, 0.15) is 10.4 Å². The van der Waals surface area contributed by atoms with Gasteiger partial charge in [0.05, 0.1) is 5.52 Å². The van der Waals surface area contributed by atoms with Crippen molar-refractivity contribution in [2.45, 2.75) is 4.90 Å². The van der Waals surface area contributed by atoms with E-state index in [9.17, 15) is 8.42 Å². The maximum atomic E-state index is 10.9. The first-order chi connectivity index (χ1) is 6.59. The number of hydrogen-bond acceptors (Lipinski definition) is 4. The maximum Gasteiger partial charge on any atom is 0.296 e. The summed E-state index contributed by atoms with van der Waals surface area (Å²) < 4.78 is 30.8. The van der Waals surface area contributed by atoms with E-state index in [0.29, 0.717) is 5.52 Å². The largest absolute Gasteiger partial charge is 0.296 e. The van der Waals surface area contributed by atoms with E-state index in [1.165, 1.54) is 18.5 Å². The van der Waals surface area contributed by atoms with Crippen LogP contribution in [0.5, 0.6) is 0 Å². The molecule has 2 heterocycles. The van der Waals surface area contributed by atoms with Crippen LogP contribution in [0.1, 0.15) is 0 Å². The maximum absolute atomic E-state index is 10.9. The molecule has 0 radical (unpaired) electrons. The minimum atomic E-state index is -4.23. The summed E-state index contributed by atoms with van der Waals surface area (Å²) in [6.45, 7) is 0. The predicted octanol–water partition coefficient (Wildman–Crippen LogP) is 0.877. The fourth-order valence-corrected chi connectivity index (χ4v) is 1.80. The molecule has 1 N–H and O–H groups in total. The first-order valence-corrected chi connectivity index (χ1v) is 5.20. The monoisotopic (exact) mass is 210 g/mol. The Labute approximate surface area is 80.2 Å². The lowest BCUT2D eigenvalue weighted by molar-refractivity contribution is 0.484. The molecule has 0 aliphatic rings. The Hall–Kier alpha value is -1.53. The highest BCUT2D eigenvalue weighted by Gasteiger charge is 2.14. The molecule has 0 unspecified atom stereocenters. The van der Waals surface area contributed by atoms with E-state index in [1.807, 2.05) is 0 Å². The molecule has 0 saturated heterocycles. The second kappa shape index (κ2) is 3.00. The third-order valence-corrected chi connectivity index (χ3v) is 2.62. The lowest BCUT2D eigenvalue weighted by Gasteiger charge is -2.00. The Bertz CT molecular complexity index is 575. The number of fused-ring (bicyclic) bond motifs is 1. The molecule has 0 bridgehead atoms. The van der Waals surface area contributed by atoms with Crippen LogP contribution in [-0.4, -0.2) is 22.9 Å². The summed E-state index contributed by atoms with van der Waals surface area (Å²) in [5.41, 5.74) is 0.611. The molecule has 14 heavy (non-hydrogen) atoms. The van der Waals surface area contributed by atoms with Crippen LogP contribution in [0, 0.1) is 0 Å². The number of hydrogen-bond donors (Lipinski definition) is 1.